The lowest BCUT2D eigenvalue weighted by Crippen LogP contribution is -2.29. The predicted molar refractivity (Wildman–Crippen MR) is 125 cm³/mol. The van der Waals surface area contributed by atoms with Gasteiger partial charge in [0.25, 0.3) is 5.91 Å². The number of carbonyl (C=O) groups is 1. The number of ether oxygens (including phenoxy) is 1. The molecule has 2 aromatic carbocycles. The highest BCUT2D eigenvalue weighted by atomic mass is 32.1. The first-order valence-corrected chi connectivity index (χ1v) is 11.9. The third-order valence-electron chi connectivity index (χ3n) is 6.38. The van der Waals surface area contributed by atoms with E-state index in [1.54, 1.807) is 11.3 Å². The number of carbonyl (C=O) groups excluding carboxylic acids is 1. The fourth-order valence-corrected chi connectivity index (χ4v) is 5.61. The van der Waals surface area contributed by atoms with Crippen molar-refractivity contribution < 1.29 is 9.53 Å². The van der Waals surface area contributed by atoms with Gasteiger partial charge in [0, 0.05) is 17.0 Å². The molecular weight excluding hydrogens is 406 g/mol. The van der Waals surface area contributed by atoms with Crippen LogP contribution in [0.15, 0.2) is 52.8 Å². The van der Waals surface area contributed by atoms with Crippen molar-refractivity contribution in [3.63, 3.8) is 0 Å². The van der Waals surface area contributed by atoms with Crippen LogP contribution in [0.4, 0.5) is 11.4 Å². The van der Waals surface area contributed by atoms with Crippen molar-refractivity contribution in [1.82, 2.24) is 4.57 Å². The molecule has 2 heterocycles. The number of aryl methyl sites for hydroxylation is 1. The van der Waals surface area contributed by atoms with Gasteiger partial charge in [-0.05, 0) is 55.5 Å². The molecule has 1 aliphatic carbocycles. The number of anilines is 1. The van der Waals surface area contributed by atoms with E-state index in [2.05, 4.69) is 53.4 Å². The first-order valence-electron chi connectivity index (χ1n) is 11.0. The van der Waals surface area contributed by atoms with Crippen LogP contribution in [0, 0.1) is 12.8 Å². The van der Waals surface area contributed by atoms with Crippen molar-refractivity contribution in [1.29, 1.82) is 0 Å². The van der Waals surface area contributed by atoms with Crippen LogP contribution in [-0.2, 0) is 4.79 Å². The Bertz CT molecular complexity index is 1190. The van der Waals surface area contributed by atoms with Gasteiger partial charge in [0.1, 0.15) is 5.75 Å². The number of rotatable bonds is 3. The van der Waals surface area contributed by atoms with Crippen LogP contribution in [-0.4, -0.2) is 17.1 Å². The average molecular weight is 434 g/mol. The minimum absolute atomic E-state index is 0.0733. The summed E-state index contributed by atoms with van der Waals surface area (Å²) >= 11 is 1.69. The molecule has 31 heavy (non-hydrogen) atoms. The van der Waals surface area contributed by atoms with E-state index < -0.39 is 0 Å². The number of hydrogen-bond donors (Lipinski definition) is 1. The smallest absolute Gasteiger partial charge is 0.262 e. The average Bonchev–Trinajstić information content (AvgIpc) is 3.18. The summed E-state index contributed by atoms with van der Waals surface area (Å²) in [4.78, 5) is 17.9. The van der Waals surface area contributed by atoms with Gasteiger partial charge in [0.05, 0.1) is 17.1 Å². The maximum absolute atomic E-state index is 11.8. The highest BCUT2D eigenvalue weighted by Crippen LogP contribution is 2.38. The maximum atomic E-state index is 11.8. The first kappa shape index (κ1) is 20.1. The van der Waals surface area contributed by atoms with Crippen LogP contribution in [0.5, 0.6) is 5.75 Å². The summed E-state index contributed by atoms with van der Waals surface area (Å²) in [6.07, 6.45) is 4.95. The number of aromatic nitrogens is 1. The van der Waals surface area contributed by atoms with E-state index in [0.29, 0.717) is 12.0 Å². The minimum Gasteiger partial charge on any atom is -0.482 e. The van der Waals surface area contributed by atoms with Crippen molar-refractivity contribution in [2.24, 2.45) is 10.9 Å². The van der Waals surface area contributed by atoms with Gasteiger partial charge >= 0.3 is 0 Å². The Morgan fingerprint density at radius 2 is 2.00 bits per heavy atom. The van der Waals surface area contributed by atoms with Crippen LogP contribution < -0.4 is 14.9 Å². The number of amides is 1. The third-order valence-corrected chi connectivity index (χ3v) is 7.22. The number of nitrogens with zero attached hydrogens (tertiary/aromatic N) is 2. The Hall–Kier alpha value is -2.86. The first-order chi connectivity index (χ1) is 15.1. The zero-order chi connectivity index (χ0) is 21.4. The van der Waals surface area contributed by atoms with Gasteiger partial charge in [0.15, 0.2) is 11.4 Å². The quantitative estimate of drug-likeness (QED) is 0.564. The number of hydrogen-bond acceptors (Lipinski definition) is 4. The zero-order valence-electron chi connectivity index (χ0n) is 17.9. The lowest BCUT2D eigenvalue weighted by Gasteiger charge is -2.31. The van der Waals surface area contributed by atoms with Crippen LogP contribution in [0.1, 0.15) is 44.2 Å². The Labute approximate surface area is 186 Å². The van der Waals surface area contributed by atoms with E-state index in [-0.39, 0.29) is 12.5 Å². The van der Waals surface area contributed by atoms with E-state index in [1.165, 1.54) is 24.8 Å². The van der Waals surface area contributed by atoms with Gasteiger partial charge in [-0.25, -0.2) is 4.99 Å². The summed E-state index contributed by atoms with van der Waals surface area (Å²) < 4.78 is 7.99. The molecule has 1 amide bonds. The second kappa shape index (κ2) is 8.35. The molecule has 6 heteroatoms. The van der Waals surface area contributed by atoms with Crippen LogP contribution in [0.3, 0.4) is 0 Å². The van der Waals surface area contributed by atoms with Crippen molar-refractivity contribution in [2.75, 3.05) is 11.9 Å². The highest BCUT2D eigenvalue weighted by molar-refractivity contribution is 7.07. The largest absolute Gasteiger partial charge is 0.482 e. The molecule has 5 nitrogen and oxygen atoms in total. The normalized spacial score (nSPS) is 21.4. The van der Waals surface area contributed by atoms with Crippen molar-refractivity contribution in [3.8, 4) is 17.0 Å². The Kier molecular flexibility index (Phi) is 5.40. The molecule has 1 N–H and O–H groups in total. The lowest BCUT2D eigenvalue weighted by molar-refractivity contribution is -0.118. The van der Waals surface area contributed by atoms with Gasteiger partial charge in [-0.1, -0.05) is 38.0 Å². The van der Waals surface area contributed by atoms with Crippen molar-refractivity contribution >= 4 is 28.6 Å². The van der Waals surface area contributed by atoms with Gasteiger partial charge in [-0.15, -0.1) is 11.3 Å². The van der Waals surface area contributed by atoms with Crippen molar-refractivity contribution in [2.45, 2.75) is 45.6 Å². The van der Waals surface area contributed by atoms with Gasteiger partial charge in [-0.3, -0.25) is 4.79 Å². The summed E-state index contributed by atoms with van der Waals surface area (Å²) in [6.45, 7) is 4.54. The second-order valence-electron chi connectivity index (χ2n) is 8.55. The van der Waals surface area contributed by atoms with Crippen molar-refractivity contribution in [3.05, 3.63) is 58.2 Å². The summed E-state index contributed by atoms with van der Waals surface area (Å²) in [5, 5.41) is 5.14. The van der Waals surface area contributed by atoms with E-state index in [1.807, 2.05) is 18.2 Å². The van der Waals surface area contributed by atoms with Gasteiger partial charge in [-0.2, -0.15) is 0 Å². The van der Waals surface area contributed by atoms with E-state index in [0.717, 1.165) is 39.6 Å². The summed E-state index contributed by atoms with van der Waals surface area (Å²) in [5.74, 6) is 1.21. The van der Waals surface area contributed by atoms with E-state index in [4.69, 9.17) is 9.73 Å². The van der Waals surface area contributed by atoms with Gasteiger partial charge in [0.2, 0.25) is 0 Å². The second-order valence-corrected chi connectivity index (χ2v) is 9.39. The molecule has 1 fully saturated rings. The SMILES string of the molecule is Cc1ccccc1N=c1scc(-c2ccc3c(c2)NC(=O)CO3)n1C1CCCCC1C. The van der Waals surface area contributed by atoms with Gasteiger partial charge < -0.3 is 14.6 Å². The third kappa shape index (κ3) is 3.92. The van der Waals surface area contributed by atoms with E-state index >= 15 is 0 Å². The topological polar surface area (TPSA) is 55.6 Å². The molecule has 0 radical (unpaired) electrons. The summed E-state index contributed by atoms with van der Waals surface area (Å²) in [6, 6.07) is 14.8. The van der Waals surface area contributed by atoms with Crippen LogP contribution in [0.25, 0.3) is 11.3 Å². The summed E-state index contributed by atoms with van der Waals surface area (Å²) in [5.41, 5.74) is 5.15. The Morgan fingerprint density at radius 1 is 1.16 bits per heavy atom. The molecule has 3 aromatic rings. The molecule has 1 aromatic heterocycles. The number of thiazole rings is 1. The molecule has 1 saturated carbocycles. The standard InChI is InChI=1S/C25H27N3O2S/c1-16-7-3-5-9-19(16)27-25-28(21-10-6-4-8-17(21)2)22(15-31-25)18-11-12-23-20(13-18)26-24(29)14-30-23/h3,5,7,9,11-13,15,17,21H,4,6,8,10,14H2,1-2H3,(H,26,29). The molecule has 5 rings (SSSR count). The predicted octanol–water partition coefficient (Wildman–Crippen LogP) is 5.84. The maximum Gasteiger partial charge on any atom is 0.262 e. The summed E-state index contributed by atoms with van der Waals surface area (Å²) in [7, 11) is 0. The van der Waals surface area contributed by atoms with E-state index in [9.17, 15) is 4.79 Å². The Balaban J connectivity index is 1.66. The molecule has 0 saturated heterocycles. The minimum atomic E-state index is -0.112. The molecule has 2 atom stereocenters. The Morgan fingerprint density at radius 3 is 2.84 bits per heavy atom. The fourth-order valence-electron chi connectivity index (χ4n) is 4.65. The monoisotopic (exact) mass is 433 g/mol. The zero-order valence-corrected chi connectivity index (χ0v) is 18.7. The number of para-hydroxylation sites is 1. The number of nitrogens with one attached hydrogen (secondary N) is 1. The molecule has 0 bridgehead atoms. The van der Waals surface area contributed by atoms with Crippen LogP contribution in [0.2, 0.25) is 0 Å². The fraction of sp³-hybridized carbons (Fsp3) is 0.360. The molecule has 1 aliphatic heterocycles. The molecule has 2 unspecified atom stereocenters. The molecule has 0 spiro atoms. The lowest BCUT2D eigenvalue weighted by atomic mass is 9.85. The molecule has 2 aliphatic rings. The van der Waals surface area contributed by atoms with Crippen LogP contribution >= 0.6 is 11.3 Å². The number of fused-ring (bicyclic) bond motifs is 1. The molecular formula is C25H27N3O2S. The number of benzene rings is 2. The molecule has 160 valence electrons. The highest BCUT2D eigenvalue weighted by Gasteiger charge is 2.27.